The number of imidazole rings is 2. The van der Waals surface area contributed by atoms with Crippen LogP contribution in [0.4, 0.5) is 9.59 Å². The molecule has 2 saturated heterocycles. The number of nitrogens with one attached hydrogen (secondary N) is 4. The monoisotopic (exact) mass is 764 g/mol. The Hall–Kier alpha value is -4.70. The summed E-state index contributed by atoms with van der Waals surface area (Å²) in [6.45, 7) is 4.53. The van der Waals surface area contributed by atoms with Gasteiger partial charge >= 0.3 is 12.2 Å². The number of likely N-dealkylation sites (tertiary alicyclic amines) is 2. The van der Waals surface area contributed by atoms with E-state index in [4.69, 9.17) is 24.2 Å². The first-order valence-electron chi connectivity index (χ1n) is 19.5. The van der Waals surface area contributed by atoms with E-state index < -0.39 is 36.5 Å². The highest BCUT2D eigenvalue weighted by Gasteiger charge is 2.40. The highest BCUT2D eigenvalue weighted by Crippen LogP contribution is 2.42. The van der Waals surface area contributed by atoms with Gasteiger partial charge in [-0.3, -0.25) is 9.59 Å². The number of carbonyl (C=O) groups excluding carboxylic acids is 3. The smallest absolute Gasteiger partial charge is 0.407 e. The second-order valence-corrected chi connectivity index (χ2v) is 15.2. The molecule has 2 aromatic rings. The number of aromatic amines is 2. The van der Waals surface area contributed by atoms with Crippen LogP contribution in [0.25, 0.3) is 11.1 Å². The largest absolute Gasteiger partial charge is 0.465 e. The van der Waals surface area contributed by atoms with Crippen molar-refractivity contribution in [1.82, 2.24) is 40.4 Å². The van der Waals surface area contributed by atoms with Gasteiger partial charge in [0, 0.05) is 39.7 Å². The number of allylic oxidation sites excluding steroid dienone is 4. The number of amides is 4. The molecule has 16 heteroatoms. The highest BCUT2D eigenvalue weighted by atomic mass is 16.5. The van der Waals surface area contributed by atoms with Crippen LogP contribution in [-0.4, -0.2) is 118 Å². The summed E-state index contributed by atoms with van der Waals surface area (Å²) in [5.41, 5.74) is 4.27. The lowest BCUT2D eigenvalue weighted by molar-refractivity contribution is -0.138. The van der Waals surface area contributed by atoms with E-state index >= 15 is 0 Å². The van der Waals surface area contributed by atoms with E-state index in [-0.39, 0.29) is 23.9 Å². The Balaban J connectivity index is 1.04. The van der Waals surface area contributed by atoms with Crippen LogP contribution in [0, 0.1) is 11.8 Å². The quantitative estimate of drug-likeness (QED) is 0.186. The fourth-order valence-electron chi connectivity index (χ4n) is 8.71. The highest BCUT2D eigenvalue weighted by molar-refractivity contribution is 5.87. The zero-order valence-electron chi connectivity index (χ0n) is 32.5. The van der Waals surface area contributed by atoms with Crippen molar-refractivity contribution in [1.29, 1.82) is 0 Å². The minimum absolute atomic E-state index is 0.212. The predicted molar refractivity (Wildman–Crippen MR) is 202 cm³/mol. The average Bonchev–Trinajstić information content (AvgIpc) is 4.05. The van der Waals surface area contributed by atoms with Crippen LogP contribution in [-0.2, 0) is 23.8 Å². The van der Waals surface area contributed by atoms with E-state index in [0.29, 0.717) is 24.9 Å². The summed E-state index contributed by atoms with van der Waals surface area (Å²) in [5, 5.41) is 14.3. The Morgan fingerprint density at radius 1 is 0.745 bits per heavy atom. The summed E-state index contributed by atoms with van der Waals surface area (Å²) >= 11 is 0. The fourth-order valence-corrected chi connectivity index (χ4v) is 8.71. The van der Waals surface area contributed by atoms with Crippen molar-refractivity contribution in [3.8, 4) is 0 Å². The molecule has 4 aliphatic rings. The molecular formula is C39H56N8O8. The first-order chi connectivity index (χ1) is 26.5. The van der Waals surface area contributed by atoms with Gasteiger partial charge in [0.05, 0.1) is 42.8 Å². The molecule has 0 spiro atoms. The Bertz CT molecular complexity index is 1750. The SMILES string of the molecule is COC(=O)N[C@H](C(=O)N1CCC[C@H]1c1nc(C2=CCC(C3CC=C(c4c[nH]c([C@@H]5CCCN5C(=O)[C@@H](NC(=O)O)[C@@H](C)OC)n4)CC3)CC2)c[nH]1)[C@@H](C)OC. The summed E-state index contributed by atoms with van der Waals surface area (Å²) in [5.74, 6) is 2.12. The Morgan fingerprint density at radius 3 is 1.58 bits per heavy atom. The van der Waals surface area contributed by atoms with Crippen LogP contribution in [0.3, 0.4) is 0 Å². The molecule has 0 radical (unpaired) electrons. The number of H-pyrrole nitrogens is 2. The van der Waals surface area contributed by atoms with Crippen LogP contribution < -0.4 is 10.6 Å². The maximum Gasteiger partial charge on any atom is 0.407 e. The predicted octanol–water partition coefficient (Wildman–Crippen LogP) is 4.96. The van der Waals surface area contributed by atoms with Crippen LogP contribution in [0.2, 0.25) is 0 Å². The zero-order valence-corrected chi connectivity index (χ0v) is 32.5. The number of rotatable bonds is 13. The lowest BCUT2D eigenvalue weighted by Gasteiger charge is -2.32. The molecular weight excluding hydrogens is 708 g/mol. The van der Waals surface area contributed by atoms with E-state index in [1.807, 2.05) is 12.4 Å². The summed E-state index contributed by atoms with van der Waals surface area (Å²) in [7, 11) is 4.24. The van der Waals surface area contributed by atoms with Crippen molar-refractivity contribution in [2.24, 2.45) is 11.8 Å². The van der Waals surface area contributed by atoms with E-state index in [0.717, 1.165) is 87.2 Å². The molecule has 0 saturated carbocycles. The zero-order chi connectivity index (χ0) is 39.2. The Morgan fingerprint density at radius 2 is 1.20 bits per heavy atom. The first-order valence-corrected chi connectivity index (χ1v) is 19.5. The number of ether oxygens (including phenoxy) is 3. The number of alkyl carbamates (subject to hydrolysis) is 1. The van der Waals surface area contributed by atoms with Gasteiger partial charge in [-0.15, -0.1) is 0 Å². The molecule has 2 aromatic heterocycles. The maximum absolute atomic E-state index is 13.6. The summed E-state index contributed by atoms with van der Waals surface area (Å²) in [6.07, 6.45) is 14.7. The van der Waals surface area contributed by atoms with Gasteiger partial charge in [-0.1, -0.05) is 12.2 Å². The molecule has 2 unspecified atom stereocenters. The normalized spacial score (nSPS) is 25.0. The minimum atomic E-state index is -1.26. The summed E-state index contributed by atoms with van der Waals surface area (Å²) < 4.78 is 15.5. The number of hydrogen-bond acceptors (Lipinski definition) is 9. The molecule has 300 valence electrons. The van der Waals surface area contributed by atoms with Gasteiger partial charge in [0.25, 0.3) is 0 Å². The Labute approximate surface area is 321 Å². The molecule has 4 heterocycles. The number of carbonyl (C=O) groups is 4. The number of carboxylic acid groups (broad SMARTS) is 1. The molecule has 8 atom stereocenters. The molecule has 55 heavy (non-hydrogen) atoms. The van der Waals surface area contributed by atoms with Gasteiger partial charge in [-0.2, -0.15) is 0 Å². The summed E-state index contributed by atoms with van der Waals surface area (Å²) in [4.78, 5) is 70.6. The average molecular weight is 765 g/mol. The lowest BCUT2D eigenvalue weighted by Crippen LogP contribution is -2.54. The van der Waals surface area contributed by atoms with Crippen molar-refractivity contribution < 1.29 is 38.5 Å². The van der Waals surface area contributed by atoms with Crippen LogP contribution in [0.15, 0.2) is 24.5 Å². The maximum atomic E-state index is 13.6. The lowest BCUT2D eigenvalue weighted by atomic mass is 9.74. The number of aromatic nitrogens is 4. The van der Waals surface area contributed by atoms with Gasteiger partial charge < -0.3 is 49.7 Å². The van der Waals surface area contributed by atoms with Crippen molar-refractivity contribution >= 4 is 35.1 Å². The Kier molecular flexibility index (Phi) is 13.0. The van der Waals surface area contributed by atoms with E-state index in [9.17, 15) is 24.3 Å². The van der Waals surface area contributed by atoms with Gasteiger partial charge in [-0.05, 0) is 101 Å². The van der Waals surface area contributed by atoms with E-state index in [1.165, 1.54) is 32.5 Å². The molecule has 2 fully saturated rings. The number of hydrogen-bond donors (Lipinski definition) is 5. The third kappa shape index (κ3) is 8.90. The van der Waals surface area contributed by atoms with Crippen molar-refractivity contribution in [3.05, 3.63) is 47.6 Å². The third-order valence-electron chi connectivity index (χ3n) is 12.1. The minimum Gasteiger partial charge on any atom is -0.465 e. The molecule has 2 aliphatic carbocycles. The molecule has 5 N–H and O–H groups in total. The van der Waals surface area contributed by atoms with Gasteiger partial charge in [0.2, 0.25) is 11.8 Å². The van der Waals surface area contributed by atoms with Gasteiger partial charge in [-0.25, -0.2) is 19.6 Å². The second-order valence-electron chi connectivity index (χ2n) is 15.2. The molecule has 4 amide bonds. The second kappa shape index (κ2) is 17.8. The molecule has 2 aliphatic heterocycles. The van der Waals surface area contributed by atoms with E-state index in [1.54, 1.807) is 23.6 Å². The first kappa shape index (κ1) is 40.0. The number of methoxy groups -OCH3 is 3. The van der Waals surface area contributed by atoms with Crippen LogP contribution in [0.5, 0.6) is 0 Å². The molecule has 16 nitrogen and oxygen atoms in total. The third-order valence-corrected chi connectivity index (χ3v) is 12.1. The summed E-state index contributed by atoms with van der Waals surface area (Å²) in [6, 6.07) is -2.33. The van der Waals surface area contributed by atoms with Gasteiger partial charge in [0.15, 0.2) is 0 Å². The molecule has 6 rings (SSSR count). The van der Waals surface area contributed by atoms with Crippen LogP contribution >= 0.6 is 0 Å². The van der Waals surface area contributed by atoms with Crippen molar-refractivity contribution in [2.75, 3.05) is 34.4 Å². The number of nitrogens with zero attached hydrogens (tertiary/aromatic N) is 4. The van der Waals surface area contributed by atoms with Crippen LogP contribution in [0.1, 0.15) is 113 Å². The van der Waals surface area contributed by atoms with Crippen molar-refractivity contribution in [3.63, 3.8) is 0 Å². The molecule has 0 aromatic carbocycles. The van der Waals surface area contributed by atoms with Crippen molar-refractivity contribution in [2.45, 2.75) is 114 Å². The topological polar surface area (TPSA) is 204 Å². The molecule has 0 bridgehead atoms. The standard InChI is InChI=1S/C39H56N8O8/c1-22(53-3)32(44-38(50)51)36(48)46-18-6-8-30(46)34-40-20-28(42-34)26-14-10-24(11-15-26)25-12-16-27(17-13-25)29-21-41-35(43-29)31-9-7-19-47(31)37(49)33(23(2)54-4)45-39(52)55-5/h14,16,20-25,30-33,44H,6-13,15,17-19H2,1-5H3,(H,40,42)(H,41,43)(H,45,52)(H,50,51)/t22-,23-,24?,25?,30+,31+,32+,33+/m1/s1. The van der Waals surface area contributed by atoms with E-state index in [2.05, 4.69) is 32.8 Å². The fraction of sp³-hybridized carbons (Fsp3) is 0.641. The van der Waals surface area contributed by atoms with Gasteiger partial charge in [0.1, 0.15) is 23.7 Å².